The van der Waals surface area contributed by atoms with Crippen molar-refractivity contribution in [3.05, 3.63) is 40.6 Å². The lowest BCUT2D eigenvalue weighted by Crippen LogP contribution is -2.13. The van der Waals surface area contributed by atoms with Crippen LogP contribution in [0.25, 0.3) is 0 Å². The van der Waals surface area contributed by atoms with Crippen LogP contribution in [-0.2, 0) is 15.8 Å². The third kappa shape index (κ3) is 4.16. The van der Waals surface area contributed by atoms with Crippen molar-refractivity contribution in [1.29, 1.82) is 0 Å². The molecule has 3 N–H and O–H groups in total. The first-order chi connectivity index (χ1) is 9.11. The number of hydrogen-bond donors (Lipinski definition) is 3. The quantitative estimate of drug-likeness (QED) is 0.745. The smallest absolute Gasteiger partial charge is 0.417 e. The highest BCUT2D eigenvalue weighted by Gasteiger charge is 2.33. The predicted molar refractivity (Wildman–Crippen MR) is 63.4 cm³/mol. The Morgan fingerprint density at radius 1 is 1.25 bits per heavy atom. The molecular formula is C11H7ClF3NO4. The average molecular weight is 310 g/mol. The minimum Gasteiger partial charge on any atom is -0.478 e. The molecule has 0 saturated heterocycles. The Balaban J connectivity index is 3.16. The van der Waals surface area contributed by atoms with Crippen LogP contribution in [0.3, 0.4) is 0 Å². The van der Waals surface area contributed by atoms with Gasteiger partial charge in [0, 0.05) is 5.69 Å². The summed E-state index contributed by atoms with van der Waals surface area (Å²) >= 11 is 5.39. The molecule has 0 unspecified atom stereocenters. The molecule has 0 aliphatic heterocycles. The largest absolute Gasteiger partial charge is 0.478 e. The summed E-state index contributed by atoms with van der Waals surface area (Å²) in [5.74, 6) is -3.18. The van der Waals surface area contributed by atoms with Gasteiger partial charge in [-0.05, 0) is 18.2 Å². The number of benzene rings is 1. The number of carbonyl (C=O) groups is 2. The van der Waals surface area contributed by atoms with Gasteiger partial charge in [-0.2, -0.15) is 13.2 Å². The highest BCUT2D eigenvalue weighted by molar-refractivity contribution is 6.31. The molecule has 0 aromatic heterocycles. The standard InChI is InChI=1S/C11H7ClF3NO4/c12-7-2-1-5(3-6(7)11(13,14)15)16-8(10(19)20)4-9(17)18/h1-4,16H,(H,17,18)(H,19,20). The van der Waals surface area contributed by atoms with E-state index in [2.05, 4.69) is 5.32 Å². The van der Waals surface area contributed by atoms with E-state index in [1.807, 2.05) is 0 Å². The van der Waals surface area contributed by atoms with Crippen molar-refractivity contribution in [2.24, 2.45) is 0 Å². The number of halogens is 4. The molecule has 0 saturated carbocycles. The van der Waals surface area contributed by atoms with E-state index < -0.39 is 34.4 Å². The monoisotopic (exact) mass is 309 g/mol. The van der Waals surface area contributed by atoms with Crippen LogP contribution in [-0.4, -0.2) is 22.2 Å². The van der Waals surface area contributed by atoms with Crippen molar-refractivity contribution in [2.75, 3.05) is 5.32 Å². The number of aliphatic carboxylic acids is 2. The molecule has 0 bridgehead atoms. The molecule has 1 aromatic rings. The Kier molecular flexibility index (Phi) is 4.61. The molecule has 0 amide bonds. The van der Waals surface area contributed by atoms with Crippen LogP contribution in [0.4, 0.5) is 18.9 Å². The van der Waals surface area contributed by atoms with E-state index in [1.54, 1.807) is 0 Å². The third-order valence-corrected chi connectivity index (χ3v) is 2.38. The van der Waals surface area contributed by atoms with Crippen LogP contribution in [0.1, 0.15) is 5.56 Å². The lowest BCUT2D eigenvalue weighted by atomic mass is 10.2. The van der Waals surface area contributed by atoms with E-state index in [-0.39, 0.29) is 5.69 Å². The second kappa shape index (κ2) is 5.83. The average Bonchev–Trinajstić information content (AvgIpc) is 2.28. The topological polar surface area (TPSA) is 86.6 Å². The number of carboxylic acids is 2. The molecule has 20 heavy (non-hydrogen) atoms. The minimum absolute atomic E-state index is 0.253. The molecule has 1 aromatic carbocycles. The fourth-order valence-electron chi connectivity index (χ4n) is 1.25. The second-order valence-corrected chi connectivity index (χ2v) is 3.93. The molecule has 0 aliphatic rings. The highest BCUT2D eigenvalue weighted by atomic mass is 35.5. The van der Waals surface area contributed by atoms with Crippen molar-refractivity contribution in [1.82, 2.24) is 0 Å². The summed E-state index contributed by atoms with van der Waals surface area (Å²) in [6, 6.07) is 2.60. The van der Waals surface area contributed by atoms with Crippen molar-refractivity contribution in [3.8, 4) is 0 Å². The predicted octanol–water partition coefficient (Wildman–Crippen LogP) is 2.82. The zero-order valence-corrected chi connectivity index (χ0v) is 10.3. The zero-order chi connectivity index (χ0) is 15.5. The van der Waals surface area contributed by atoms with E-state index in [9.17, 15) is 22.8 Å². The number of rotatable bonds is 4. The maximum atomic E-state index is 12.6. The van der Waals surface area contributed by atoms with Gasteiger partial charge in [0.25, 0.3) is 0 Å². The van der Waals surface area contributed by atoms with Gasteiger partial charge in [0.05, 0.1) is 16.7 Å². The minimum atomic E-state index is -4.71. The molecule has 0 radical (unpaired) electrons. The molecule has 0 fully saturated rings. The van der Waals surface area contributed by atoms with E-state index in [4.69, 9.17) is 21.8 Å². The summed E-state index contributed by atoms with van der Waals surface area (Å²) in [5.41, 5.74) is -2.20. The van der Waals surface area contributed by atoms with Crippen LogP contribution >= 0.6 is 11.6 Å². The van der Waals surface area contributed by atoms with Crippen molar-refractivity contribution >= 4 is 29.2 Å². The van der Waals surface area contributed by atoms with Crippen LogP contribution in [0.15, 0.2) is 30.0 Å². The number of anilines is 1. The maximum absolute atomic E-state index is 12.6. The summed E-state index contributed by atoms with van der Waals surface area (Å²) < 4.78 is 37.8. The van der Waals surface area contributed by atoms with Gasteiger partial charge in [-0.25, -0.2) is 9.59 Å². The molecular weight excluding hydrogens is 303 g/mol. The van der Waals surface area contributed by atoms with Crippen LogP contribution in [0.5, 0.6) is 0 Å². The molecule has 0 spiro atoms. The van der Waals surface area contributed by atoms with Crippen molar-refractivity contribution < 1.29 is 33.0 Å². The molecule has 9 heteroatoms. The third-order valence-electron chi connectivity index (χ3n) is 2.05. The number of alkyl halides is 3. The number of nitrogens with one attached hydrogen (secondary N) is 1. The first-order valence-electron chi connectivity index (χ1n) is 4.93. The van der Waals surface area contributed by atoms with Gasteiger partial charge < -0.3 is 15.5 Å². The molecule has 0 aliphatic carbocycles. The van der Waals surface area contributed by atoms with E-state index in [1.165, 1.54) is 0 Å². The zero-order valence-electron chi connectivity index (χ0n) is 9.53. The van der Waals surface area contributed by atoms with Gasteiger partial charge in [-0.15, -0.1) is 0 Å². The molecule has 108 valence electrons. The van der Waals surface area contributed by atoms with Gasteiger partial charge in [0.1, 0.15) is 5.70 Å². The SMILES string of the molecule is O=C(O)C=C(Nc1ccc(Cl)c(C(F)(F)F)c1)C(=O)O. The molecule has 5 nitrogen and oxygen atoms in total. The van der Waals surface area contributed by atoms with Gasteiger partial charge in [0.15, 0.2) is 0 Å². The normalized spacial score (nSPS) is 12.1. The number of carboxylic acid groups (broad SMARTS) is 2. The van der Waals surface area contributed by atoms with E-state index in [0.29, 0.717) is 12.1 Å². The Hall–Kier alpha value is -2.22. The summed E-state index contributed by atoms with van der Waals surface area (Å²) in [6.45, 7) is 0. The molecule has 0 heterocycles. The molecule has 0 atom stereocenters. The van der Waals surface area contributed by atoms with Crippen molar-refractivity contribution in [2.45, 2.75) is 6.18 Å². The van der Waals surface area contributed by atoms with E-state index >= 15 is 0 Å². The Morgan fingerprint density at radius 3 is 2.30 bits per heavy atom. The van der Waals surface area contributed by atoms with Gasteiger partial charge in [0.2, 0.25) is 0 Å². The summed E-state index contributed by atoms with van der Waals surface area (Å²) in [5, 5.41) is 18.7. The van der Waals surface area contributed by atoms with Gasteiger partial charge in [-0.3, -0.25) is 0 Å². The Morgan fingerprint density at radius 2 is 1.85 bits per heavy atom. The highest BCUT2D eigenvalue weighted by Crippen LogP contribution is 2.36. The fraction of sp³-hybridized carbons (Fsp3) is 0.0909. The summed E-state index contributed by atoms with van der Waals surface area (Å²) in [4.78, 5) is 21.1. The van der Waals surface area contributed by atoms with Crippen LogP contribution in [0, 0.1) is 0 Å². The van der Waals surface area contributed by atoms with Crippen LogP contribution in [0.2, 0.25) is 5.02 Å². The fourth-order valence-corrected chi connectivity index (χ4v) is 1.48. The van der Waals surface area contributed by atoms with Gasteiger partial charge in [-0.1, -0.05) is 11.6 Å². The van der Waals surface area contributed by atoms with Crippen molar-refractivity contribution in [3.63, 3.8) is 0 Å². The lowest BCUT2D eigenvalue weighted by Gasteiger charge is -2.12. The Labute approximate surface area is 115 Å². The Bertz CT molecular complexity index is 584. The van der Waals surface area contributed by atoms with E-state index in [0.717, 1.165) is 12.1 Å². The molecule has 1 rings (SSSR count). The van der Waals surface area contributed by atoms with Gasteiger partial charge >= 0.3 is 18.1 Å². The first-order valence-corrected chi connectivity index (χ1v) is 5.30. The number of hydrogen-bond acceptors (Lipinski definition) is 3. The van der Waals surface area contributed by atoms with Crippen LogP contribution < -0.4 is 5.32 Å². The summed E-state index contributed by atoms with van der Waals surface area (Å²) in [6.07, 6.45) is -4.39. The summed E-state index contributed by atoms with van der Waals surface area (Å²) in [7, 11) is 0. The lowest BCUT2D eigenvalue weighted by molar-refractivity contribution is -0.137. The first kappa shape index (κ1) is 15.8. The second-order valence-electron chi connectivity index (χ2n) is 3.52. The maximum Gasteiger partial charge on any atom is 0.417 e.